The minimum Gasteiger partial charge on any atom is -0.338 e. The van der Waals surface area contributed by atoms with Crippen LogP contribution in [0.1, 0.15) is 45.7 Å². The number of nitrogens with one attached hydrogen (secondary N) is 2. The second kappa shape index (κ2) is 10.7. The highest BCUT2D eigenvalue weighted by molar-refractivity contribution is 6.27. The Morgan fingerprint density at radius 2 is 1.69 bits per heavy atom. The number of urea groups is 1. The fraction of sp³-hybridized carbons (Fsp3) is 0.556. The van der Waals surface area contributed by atoms with Crippen molar-refractivity contribution >= 4 is 23.4 Å². The zero-order valence-electron chi connectivity index (χ0n) is 21.2. The lowest BCUT2D eigenvalue weighted by Gasteiger charge is -2.26. The van der Waals surface area contributed by atoms with Crippen molar-refractivity contribution in [1.82, 2.24) is 20.4 Å². The largest absolute Gasteiger partial charge is 0.338 e. The van der Waals surface area contributed by atoms with Crippen LogP contribution in [0.25, 0.3) is 0 Å². The monoisotopic (exact) mass is 479 g/mol. The van der Waals surface area contributed by atoms with Crippen molar-refractivity contribution in [3.05, 3.63) is 47.0 Å². The number of Topliss-reactive ketones (excluding diaryl/α,β-unsaturated/α-hetero) is 1. The fourth-order valence-electron chi connectivity index (χ4n) is 5.49. The summed E-state index contributed by atoms with van der Waals surface area (Å²) < 4.78 is 0. The van der Waals surface area contributed by atoms with Crippen LogP contribution in [-0.4, -0.2) is 78.5 Å². The number of amides is 3. The third kappa shape index (κ3) is 5.81. The molecule has 4 rings (SSSR count). The van der Waals surface area contributed by atoms with Gasteiger partial charge in [-0.3, -0.25) is 14.6 Å². The molecular weight excluding hydrogens is 442 g/mol. The summed E-state index contributed by atoms with van der Waals surface area (Å²) in [5, 5.41) is 6.06. The molecule has 3 amide bonds. The lowest BCUT2D eigenvalue weighted by molar-refractivity contribution is -0.126. The Kier molecular flexibility index (Phi) is 7.69. The molecule has 35 heavy (non-hydrogen) atoms. The zero-order chi connectivity index (χ0) is 25.1. The lowest BCUT2D eigenvalue weighted by Crippen LogP contribution is -2.42. The van der Waals surface area contributed by atoms with Gasteiger partial charge in [0.25, 0.3) is 5.91 Å². The van der Waals surface area contributed by atoms with Crippen molar-refractivity contribution in [3.63, 3.8) is 0 Å². The Morgan fingerprint density at radius 3 is 2.31 bits per heavy atom. The molecular formula is C27H37N5O3. The van der Waals surface area contributed by atoms with Crippen LogP contribution < -0.4 is 10.6 Å². The third-order valence-electron chi connectivity index (χ3n) is 7.34. The molecule has 8 heteroatoms. The maximum atomic E-state index is 13.2. The molecule has 188 valence electrons. The molecule has 0 aromatic heterocycles. The number of benzene rings is 1. The molecule has 8 nitrogen and oxygen atoms in total. The number of nitrogens with zero attached hydrogens (tertiary/aromatic N) is 3. The van der Waals surface area contributed by atoms with Gasteiger partial charge in [0.15, 0.2) is 5.78 Å². The van der Waals surface area contributed by atoms with Gasteiger partial charge in [0.2, 0.25) is 0 Å². The van der Waals surface area contributed by atoms with E-state index in [0.717, 1.165) is 44.7 Å². The van der Waals surface area contributed by atoms with Gasteiger partial charge < -0.3 is 20.4 Å². The van der Waals surface area contributed by atoms with Crippen molar-refractivity contribution in [2.75, 3.05) is 39.3 Å². The summed E-state index contributed by atoms with van der Waals surface area (Å²) in [6.45, 7) is 11.8. The Hall–Kier alpha value is -3.00. The number of fused-ring (bicyclic) bond motifs is 1. The molecule has 3 aliphatic heterocycles. The molecule has 2 unspecified atom stereocenters. The predicted molar refractivity (Wildman–Crippen MR) is 136 cm³/mol. The molecule has 0 radical (unpaired) electrons. The number of aliphatic imine (C=N–C) groups is 1. The quantitative estimate of drug-likeness (QED) is 0.629. The molecule has 2 saturated heterocycles. The van der Waals surface area contributed by atoms with Crippen LogP contribution in [0.5, 0.6) is 0 Å². The van der Waals surface area contributed by atoms with Gasteiger partial charge in [0, 0.05) is 50.1 Å². The Bertz CT molecular complexity index is 1020. The second-order valence-electron chi connectivity index (χ2n) is 10.3. The first-order valence-corrected chi connectivity index (χ1v) is 12.6. The molecule has 2 fully saturated rings. The summed E-state index contributed by atoms with van der Waals surface area (Å²) in [7, 11) is 0. The van der Waals surface area contributed by atoms with Crippen LogP contribution in [0.2, 0.25) is 0 Å². The highest BCUT2D eigenvalue weighted by Crippen LogP contribution is 2.33. The molecule has 2 N–H and O–H groups in total. The summed E-state index contributed by atoms with van der Waals surface area (Å²) >= 11 is 0. The van der Waals surface area contributed by atoms with Crippen LogP contribution in [0.3, 0.4) is 0 Å². The van der Waals surface area contributed by atoms with Gasteiger partial charge in [-0.05, 0) is 51.5 Å². The topological polar surface area (TPSA) is 94.1 Å². The van der Waals surface area contributed by atoms with Crippen molar-refractivity contribution in [1.29, 1.82) is 0 Å². The van der Waals surface area contributed by atoms with Gasteiger partial charge >= 0.3 is 6.03 Å². The average Bonchev–Trinajstić information content (AvgIpc) is 3.38. The number of carbonyl (C=O) groups is 3. The molecule has 3 atom stereocenters. The van der Waals surface area contributed by atoms with E-state index in [1.165, 1.54) is 0 Å². The molecule has 0 saturated carbocycles. The van der Waals surface area contributed by atoms with E-state index in [0.29, 0.717) is 28.7 Å². The van der Waals surface area contributed by atoms with E-state index < -0.39 is 0 Å². The minimum absolute atomic E-state index is 0.0535. The number of rotatable bonds is 7. The van der Waals surface area contributed by atoms with E-state index in [4.69, 9.17) is 0 Å². The van der Waals surface area contributed by atoms with Gasteiger partial charge in [-0.2, -0.15) is 0 Å². The molecule has 3 aliphatic rings. The van der Waals surface area contributed by atoms with E-state index in [1.54, 1.807) is 6.92 Å². The van der Waals surface area contributed by atoms with Gasteiger partial charge in [0.05, 0.1) is 11.6 Å². The standard InChI is InChI=1S/C27H37N5O3/c1-17(2)29-27(35)30-23(20-8-6-5-7-9-20)10-11-31-13-21-15-32(16-22(21)14-31)26(34)25-18(3)24(33)12-28-19(25)4/h5-9,17,21-23H,10-16H2,1-4H3,(H2,29,30,35)/t21-,22?,23?/m0/s1. The minimum atomic E-state index is -0.147. The number of hydrogen-bond acceptors (Lipinski definition) is 5. The normalized spacial score (nSPS) is 23.4. The predicted octanol–water partition coefficient (Wildman–Crippen LogP) is 2.58. The molecule has 0 aliphatic carbocycles. The summed E-state index contributed by atoms with van der Waals surface area (Å²) in [5.74, 6) is 0.753. The molecule has 3 heterocycles. The zero-order valence-corrected chi connectivity index (χ0v) is 21.2. The van der Waals surface area contributed by atoms with Gasteiger partial charge in [-0.15, -0.1) is 0 Å². The Morgan fingerprint density at radius 1 is 1.03 bits per heavy atom. The summed E-state index contributed by atoms with van der Waals surface area (Å²) in [6.07, 6.45) is 0.821. The summed E-state index contributed by atoms with van der Waals surface area (Å²) in [5.41, 5.74) is 2.81. The first-order valence-electron chi connectivity index (χ1n) is 12.6. The fourth-order valence-corrected chi connectivity index (χ4v) is 5.49. The summed E-state index contributed by atoms with van der Waals surface area (Å²) in [4.78, 5) is 46.3. The van der Waals surface area contributed by atoms with E-state index in [9.17, 15) is 14.4 Å². The van der Waals surface area contributed by atoms with E-state index >= 15 is 0 Å². The van der Waals surface area contributed by atoms with Crippen molar-refractivity contribution < 1.29 is 14.4 Å². The van der Waals surface area contributed by atoms with Gasteiger partial charge in [-0.25, -0.2) is 4.79 Å². The van der Waals surface area contributed by atoms with Gasteiger partial charge in [-0.1, -0.05) is 30.3 Å². The van der Waals surface area contributed by atoms with Crippen molar-refractivity contribution in [2.24, 2.45) is 16.8 Å². The van der Waals surface area contributed by atoms with Crippen LogP contribution in [-0.2, 0) is 9.59 Å². The van der Waals surface area contributed by atoms with Crippen LogP contribution in [0.15, 0.2) is 46.5 Å². The first-order chi connectivity index (χ1) is 16.7. The Labute approximate surface area is 207 Å². The van der Waals surface area contributed by atoms with Gasteiger partial charge in [0.1, 0.15) is 6.54 Å². The molecule has 1 aromatic carbocycles. The molecule has 0 spiro atoms. The SMILES string of the molecule is CC1=NCC(=O)C(C)=C1C(=O)N1CC2CN(CCC(NC(=O)NC(C)C)c3ccccc3)C[C@H]2C1. The number of ketones is 1. The maximum Gasteiger partial charge on any atom is 0.315 e. The Balaban J connectivity index is 1.33. The highest BCUT2D eigenvalue weighted by atomic mass is 16.2. The van der Waals surface area contributed by atoms with E-state index in [-0.39, 0.29) is 36.3 Å². The van der Waals surface area contributed by atoms with Crippen molar-refractivity contribution in [3.8, 4) is 0 Å². The first kappa shape index (κ1) is 25.1. The van der Waals surface area contributed by atoms with Crippen molar-refractivity contribution in [2.45, 2.75) is 46.2 Å². The number of carbonyl (C=O) groups excluding carboxylic acids is 3. The second-order valence-corrected chi connectivity index (χ2v) is 10.3. The molecule has 1 aromatic rings. The van der Waals surface area contributed by atoms with Crippen LogP contribution >= 0.6 is 0 Å². The maximum absolute atomic E-state index is 13.2. The number of hydrogen-bond donors (Lipinski definition) is 2. The third-order valence-corrected chi connectivity index (χ3v) is 7.34. The average molecular weight is 480 g/mol. The summed E-state index contributed by atoms with van der Waals surface area (Å²) in [6, 6.07) is 9.97. The van der Waals surface area contributed by atoms with Crippen LogP contribution in [0.4, 0.5) is 4.79 Å². The lowest BCUT2D eigenvalue weighted by atomic mass is 9.98. The number of dihydropyridines is 1. The number of likely N-dealkylation sites (tertiary alicyclic amines) is 2. The smallest absolute Gasteiger partial charge is 0.315 e. The van der Waals surface area contributed by atoms with E-state index in [1.807, 2.05) is 43.9 Å². The molecule has 0 bridgehead atoms. The van der Waals surface area contributed by atoms with Crippen LogP contribution in [0, 0.1) is 11.8 Å². The van der Waals surface area contributed by atoms with E-state index in [2.05, 4.69) is 32.7 Å². The highest BCUT2D eigenvalue weighted by Gasteiger charge is 2.42.